The fourth-order valence-electron chi connectivity index (χ4n) is 12.0. The number of carbonyl (C=O) groups excluding carboxylic acids is 4. The number of carbonyl (C=O) groups is 4. The minimum Gasteiger partial charge on any atom is -0.462 e. The summed E-state index contributed by atoms with van der Waals surface area (Å²) in [6.45, 7) is 11.8. The lowest BCUT2D eigenvalue weighted by Crippen LogP contribution is -2.30. The van der Waals surface area contributed by atoms with E-state index in [4.69, 9.17) is 37.0 Å². The largest absolute Gasteiger partial charge is 0.472 e. The zero-order chi connectivity index (χ0) is 71.6. The molecule has 17 nitrogen and oxygen atoms in total. The molecule has 0 aromatic heterocycles. The average Bonchev–Trinajstić information content (AvgIpc) is 1.31. The highest BCUT2D eigenvalue weighted by molar-refractivity contribution is 7.47. The number of hydrogen-bond acceptors (Lipinski definition) is 15. The van der Waals surface area contributed by atoms with Crippen LogP contribution in [0.2, 0.25) is 0 Å². The maximum atomic E-state index is 13.1. The first-order valence-corrected chi connectivity index (χ1v) is 43.3. The Kier molecular flexibility index (Phi) is 67.1. The maximum Gasteiger partial charge on any atom is 0.472 e. The van der Waals surface area contributed by atoms with Crippen molar-refractivity contribution in [2.24, 2.45) is 17.8 Å². The molecule has 0 saturated heterocycles. The van der Waals surface area contributed by atoms with E-state index in [0.29, 0.717) is 31.6 Å². The van der Waals surface area contributed by atoms with Gasteiger partial charge in [-0.25, -0.2) is 9.13 Å². The van der Waals surface area contributed by atoms with Crippen molar-refractivity contribution in [1.29, 1.82) is 0 Å². The van der Waals surface area contributed by atoms with Crippen LogP contribution < -0.4 is 0 Å². The van der Waals surface area contributed by atoms with Crippen molar-refractivity contribution in [1.82, 2.24) is 0 Å². The highest BCUT2D eigenvalue weighted by Gasteiger charge is 2.30. The molecule has 5 atom stereocenters. The molecule has 3 N–H and O–H groups in total. The average molecular weight is 1420 g/mol. The fourth-order valence-corrected chi connectivity index (χ4v) is 13.5. The number of phosphoric acid groups is 2. The predicted octanol–water partition coefficient (Wildman–Crippen LogP) is 23.0. The summed E-state index contributed by atoms with van der Waals surface area (Å²) in [5.41, 5.74) is 0. The molecule has 0 aromatic carbocycles. The first-order valence-electron chi connectivity index (χ1n) is 40.3. The molecular weight excluding hydrogens is 1270 g/mol. The van der Waals surface area contributed by atoms with Crippen LogP contribution in [-0.4, -0.2) is 96.7 Å². The Bertz CT molecular complexity index is 1890. The lowest BCUT2D eigenvalue weighted by Gasteiger charge is -2.21. The minimum atomic E-state index is -4.96. The predicted molar refractivity (Wildman–Crippen MR) is 395 cm³/mol. The zero-order valence-corrected chi connectivity index (χ0v) is 65.3. The Morgan fingerprint density at radius 3 is 0.701 bits per heavy atom. The molecule has 0 radical (unpaired) electrons. The van der Waals surface area contributed by atoms with Gasteiger partial charge in [0.1, 0.15) is 19.3 Å². The maximum absolute atomic E-state index is 13.1. The number of rotatable bonds is 76. The van der Waals surface area contributed by atoms with Crippen molar-refractivity contribution < 1.29 is 80.2 Å². The van der Waals surface area contributed by atoms with Gasteiger partial charge in [0.15, 0.2) is 12.2 Å². The second kappa shape index (κ2) is 68.5. The van der Waals surface area contributed by atoms with E-state index in [-0.39, 0.29) is 25.7 Å². The molecule has 0 spiro atoms. The van der Waals surface area contributed by atoms with Crippen LogP contribution in [0.15, 0.2) is 0 Å². The number of aliphatic hydroxyl groups is 1. The van der Waals surface area contributed by atoms with Crippen LogP contribution in [0.25, 0.3) is 0 Å². The van der Waals surface area contributed by atoms with E-state index >= 15 is 0 Å². The Balaban J connectivity index is 5.22. The van der Waals surface area contributed by atoms with Gasteiger partial charge >= 0.3 is 39.5 Å². The van der Waals surface area contributed by atoms with E-state index < -0.39 is 97.5 Å². The highest BCUT2D eigenvalue weighted by Crippen LogP contribution is 2.45. The first kappa shape index (κ1) is 95.1. The normalized spacial score (nSPS) is 14.0. The molecule has 0 aliphatic heterocycles. The van der Waals surface area contributed by atoms with Crippen LogP contribution in [0.4, 0.5) is 0 Å². The lowest BCUT2D eigenvalue weighted by atomic mass is 10.0. The van der Waals surface area contributed by atoms with Gasteiger partial charge < -0.3 is 33.8 Å². The van der Waals surface area contributed by atoms with E-state index in [2.05, 4.69) is 48.5 Å². The molecule has 0 rings (SSSR count). The van der Waals surface area contributed by atoms with Crippen LogP contribution >= 0.6 is 15.6 Å². The van der Waals surface area contributed by atoms with E-state index in [1.54, 1.807) is 0 Å². The third-order valence-electron chi connectivity index (χ3n) is 18.1. The SMILES string of the molecule is CCCCCCCCCCCCCCCCCCCCCCC(=O)O[C@H](COC(=O)CCCCCCCCCCCCCC(C)C)COP(=O)(O)OC[C@@H](O)COP(=O)(O)OC[C@@H](COC(=O)CCCCCCCCC(C)C)OC(=O)CCCCCCCCCCCCCC(C)C. The molecule has 0 heterocycles. The minimum absolute atomic E-state index is 0.105. The van der Waals surface area contributed by atoms with Gasteiger partial charge in [-0.1, -0.05) is 350 Å². The van der Waals surface area contributed by atoms with Crippen molar-refractivity contribution in [3.8, 4) is 0 Å². The molecule has 0 amide bonds. The van der Waals surface area contributed by atoms with Crippen LogP contribution in [0.1, 0.15) is 402 Å². The molecular formula is C78H152O17P2. The summed E-state index contributed by atoms with van der Waals surface area (Å²) >= 11 is 0. The fraction of sp³-hybridized carbons (Fsp3) is 0.949. The molecule has 2 unspecified atom stereocenters. The summed E-state index contributed by atoms with van der Waals surface area (Å²) in [4.78, 5) is 72.8. The lowest BCUT2D eigenvalue weighted by molar-refractivity contribution is -0.161. The van der Waals surface area contributed by atoms with E-state index in [1.165, 1.54) is 205 Å². The highest BCUT2D eigenvalue weighted by atomic mass is 31.2. The van der Waals surface area contributed by atoms with Gasteiger partial charge in [-0.3, -0.25) is 37.3 Å². The number of esters is 4. The van der Waals surface area contributed by atoms with Gasteiger partial charge in [0.25, 0.3) is 0 Å². The molecule has 0 bridgehead atoms. The van der Waals surface area contributed by atoms with Crippen LogP contribution in [-0.2, 0) is 65.4 Å². The number of aliphatic hydroxyl groups excluding tert-OH is 1. The Morgan fingerprint density at radius 2 is 0.474 bits per heavy atom. The van der Waals surface area contributed by atoms with E-state index in [0.717, 1.165) is 108 Å². The standard InChI is InChI=1S/C78H152O17P2/c1-8-9-10-11-12-13-14-15-16-17-18-19-20-21-22-27-33-38-47-54-61-77(82)94-73(65-88-75(80)59-52-45-37-32-28-23-25-30-35-42-49-56-69(2)3)67-92-96(84,85)90-63-72(79)64-91-97(86,87)93-68-74(66-89-76(81)60-53-46-41-40-44-51-58-71(6)7)95-78(83)62-55-48-39-34-29-24-26-31-36-43-50-57-70(4)5/h69-74,79H,8-68H2,1-7H3,(H,84,85)(H,86,87)/t72-,73-,74-/m1/s1. The molecule has 576 valence electrons. The Morgan fingerprint density at radius 1 is 0.278 bits per heavy atom. The van der Waals surface area contributed by atoms with Crippen molar-refractivity contribution in [2.75, 3.05) is 39.6 Å². The Hall–Kier alpha value is -1.94. The molecule has 0 aromatic rings. The molecule has 0 saturated carbocycles. The number of unbranched alkanes of at least 4 members (excludes halogenated alkanes) is 44. The third-order valence-corrected chi connectivity index (χ3v) is 20.0. The molecule has 19 heteroatoms. The topological polar surface area (TPSA) is 237 Å². The van der Waals surface area contributed by atoms with Gasteiger partial charge in [0.05, 0.1) is 26.4 Å². The molecule has 0 aliphatic rings. The smallest absolute Gasteiger partial charge is 0.462 e. The quantitative estimate of drug-likeness (QED) is 0.0222. The summed E-state index contributed by atoms with van der Waals surface area (Å²) in [7, 11) is -9.91. The van der Waals surface area contributed by atoms with E-state index in [9.17, 15) is 43.2 Å². The van der Waals surface area contributed by atoms with Gasteiger partial charge in [0.2, 0.25) is 0 Å². The second-order valence-corrected chi connectivity index (χ2v) is 32.4. The molecule has 0 aliphatic carbocycles. The van der Waals surface area contributed by atoms with Gasteiger partial charge in [-0.15, -0.1) is 0 Å². The summed E-state index contributed by atoms with van der Waals surface area (Å²) in [5.74, 6) is 0.0977. The van der Waals surface area contributed by atoms with Gasteiger partial charge in [0, 0.05) is 25.7 Å². The summed E-state index contributed by atoms with van der Waals surface area (Å²) < 4.78 is 68.6. The third kappa shape index (κ3) is 72.2. The van der Waals surface area contributed by atoms with Crippen molar-refractivity contribution in [2.45, 2.75) is 420 Å². The number of ether oxygens (including phenoxy) is 4. The Labute approximate surface area is 594 Å². The second-order valence-electron chi connectivity index (χ2n) is 29.5. The zero-order valence-electron chi connectivity index (χ0n) is 63.5. The number of hydrogen-bond donors (Lipinski definition) is 3. The van der Waals surface area contributed by atoms with Crippen molar-refractivity contribution in [3.63, 3.8) is 0 Å². The molecule has 97 heavy (non-hydrogen) atoms. The van der Waals surface area contributed by atoms with Crippen molar-refractivity contribution in [3.05, 3.63) is 0 Å². The monoisotopic (exact) mass is 1420 g/mol. The molecule has 0 fully saturated rings. The van der Waals surface area contributed by atoms with E-state index in [1.807, 2.05) is 0 Å². The first-order chi connectivity index (χ1) is 46.7. The van der Waals surface area contributed by atoms with Crippen LogP contribution in [0, 0.1) is 17.8 Å². The van der Waals surface area contributed by atoms with Crippen molar-refractivity contribution >= 4 is 39.5 Å². The summed E-state index contributed by atoms with van der Waals surface area (Å²) in [5, 5.41) is 10.6. The number of phosphoric ester groups is 2. The summed E-state index contributed by atoms with van der Waals surface area (Å²) in [6.07, 6.45) is 55.7. The van der Waals surface area contributed by atoms with Crippen LogP contribution in [0.5, 0.6) is 0 Å². The van der Waals surface area contributed by atoms with Crippen LogP contribution in [0.3, 0.4) is 0 Å². The summed E-state index contributed by atoms with van der Waals surface area (Å²) in [6, 6.07) is 0. The van der Waals surface area contributed by atoms with Gasteiger partial charge in [-0.05, 0) is 43.4 Å². The van der Waals surface area contributed by atoms with Gasteiger partial charge in [-0.2, -0.15) is 0 Å².